The molecule has 1 aromatic heterocycles. The van der Waals surface area contributed by atoms with Crippen molar-refractivity contribution < 1.29 is 9.84 Å². The fraction of sp³-hybridized carbons (Fsp3) is 0.211. The van der Waals surface area contributed by atoms with Gasteiger partial charge in [-0.05, 0) is 17.7 Å². The number of nitrogens with zero attached hydrogens (tertiary/aromatic N) is 1. The van der Waals surface area contributed by atoms with Crippen molar-refractivity contribution in [1.29, 1.82) is 0 Å². The van der Waals surface area contributed by atoms with Gasteiger partial charge in [0.15, 0.2) is 0 Å². The predicted octanol–water partition coefficient (Wildman–Crippen LogP) is 3.64. The van der Waals surface area contributed by atoms with Gasteiger partial charge >= 0.3 is 0 Å². The third-order valence-electron chi connectivity index (χ3n) is 3.78. The molecule has 1 heterocycles. The number of ether oxygens (including phenoxy) is 1. The third-order valence-corrected chi connectivity index (χ3v) is 4.72. The molecule has 1 unspecified atom stereocenters. The number of nitrogens with one attached hydrogen (secondary N) is 1. The molecule has 2 N–H and O–H groups in total. The lowest BCUT2D eigenvalue weighted by Crippen LogP contribution is -2.24. The molecule has 1 atom stereocenters. The van der Waals surface area contributed by atoms with Crippen molar-refractivity contribution in [3.05, 3.63) is 71.2 Å². The Balaban J connectivity index is 1.67. The van der Waals surface area contributed by atoms with E-state index in [1.165, 1.54) is 0 Å². The molecule has 0 aliphatic rings. The van der Waals surface area contributed by atoms with Crippen molar-refractivity contribution in [2.75, 3.05) is 13.7 Å². The molecule has 0 saturated heterocycles. The lowest BCUT2D eigenvalue weighted by Gasteiger charge is -2.16. The number of methoxy groups -OCH3 is 1. The van der Waals surface area contributed by atoms with E-state index in [0.29, 0.717) is 6.54 Å². The maximum Gasteiger partial charge on any atom is 0.123 e. The van der Waals surface area contributed by atoms with Crippen LogP contribution in [0, 0.1) is 0 Å². The molecule has 24 heavy (non-hydrogen) atoms. The maximum absolute atomic E-state index is 9.68. The van der Waals surface area contributed by atoms with Crippen LogP contribution in [-0.4, -0.2) is 23.8 Å². The second-order valence-electron chi connectivity index (χ2n) is 5.40. The van der Waals surface area contributed by atoms with Crippen molar-refractivity contribution in [3.63, 3.8) is 0 Å². The van der Waals surface area contributed by atoms with Gasteiger partial charge in [-0.15, -0.1) is 11.3 Å². The molecule has 3 rings (SSSR count). The minimum atomic E-state index is -0.151. The summed E-state index contributed by atoms with van der Waals surface area (Å²) in [6.07, 6.45) is 0. The van der Waals surface area contributed by atoms with Crippen LogP contribution in [-0.2, 0) is 6.54 Å². The predicted molar refractivity (Wildman–Crippen MR) is 97.2 cm³/mol. The van der Waals surface area contributed by atoms with Gasteiger partial charge in [0.1, 0.15) is 10.8 Å². The molecule has 0 aliphatic heterocycles. The average molecular weight is 340 g/mol. The quantitative estimate of drug-likeness (QED) is 0.689. The molecule has 0 aliphatic carbocycles. The Labute approximate surface area is 145 Å². The van der Waals surface area contributed by atoms with Crippen molar-refractivity contribution in [2.45, 2.75) is 12.6 Å². The van der Waals surface area contributed by atoms with E-state index in [2.05, 4.69) is 27.8 Å². The van der Waals surface area contributed by atoms with Gasteiger partial charge in [0.2, 0.25) is 0 Å². The van der Waals surface area contributed by atoms with E-state index < -0.39 is 0 Å². The fourth-order valence-electron chi connectivity index (χ4n) is 2.48. The molecule has 3 aromatic rings. The maximum atomic E-state index is 9.68. The highest BCUT2D eigenvalue weighted by Gasteiger charge is 2.12. The number of hydrogen-bond acceptors (Lipinski definition) is 5. The third kappa shape index (κ3) is 4.00. The van der Waals surface area contributed by atoms with E-state index in [4.69, 9.17) is 4.74 Å². The number of rotatable bonds is 7. The number of aliphatic hydroxyl groups excluding tert-OH is 1. The first-order valence-electron chi connectivity index (χ1n) is 7.78. The van der Waals surface area contributed by atoms with E-state index in [1.54, 1.807) is 18.4 Å². The van der Waals surface area contributed by atoms with Crippen molar-refractivity contribution >= 4 is 11.3 Å². The molecule has 124 valence electrons. The summed E-state index contributed by atoms with van der Waals surface area (Å²) in [4.78, 5) is 4.66. The Bertz CT molecular complexity index is 774. The van der Waals surface area contributed by atoms with Crippen LogP contribution < -0.4 is 10.1 Å². The molecule has 0 radical (unpaired) electrons. The van der Waals surface area contributed by atoms with Crippen LogP contribution in [0.4, 0.5) is 0 Å². The van der Waals surface area contributed by atoms with E-state index in [1.807, 2.05) is 42.5 Å². The van der Waals surface area contributed by atoms with Crippen LogP contribution >= 0.6 is 11.3 Å². The normalized spacial score (nSPS) is 12.1. The highest BCUT2D eigenvalue weighted by molar-refractivity contribution is 7.13. The molecule has 5 heteroatoms. The Morgan fingerprint density at radius 1 is 1.17 bits per heavy atom. The first-order chi connectivity index (χ1) is 11.8. The van der Waals surface area contributed by atoms with Crippen LogP contribution in [0.25, 0.3) is 10.6 Å². The van der Waals surface area contributed by atoms with Crippen LogP contribution in [0.2, 0.25) is 0 Å². The zero-order valence-electron chi connectivity index (χ0n) is 13.5. The first kappa shape index (κ1) is 16.6. The largest absolute Gasteiger partial charge is 0.497 e. The minimum absolute atomic E-state index is 0.0167. The van der Waals surface area contributed by atoms with Gasteiger partial charge in [0.05, 0.1) is 25.5 Å². The van der Waals surface area contributed by atoms with Crippen LogP contribution in [0.3, 0.4) is 0 Å². The van der Waals surface area contributed by atoms with E-state index >= 15 is 0 Å². The number of thiazole rings is 1. The van der Waals surface area contributed by atoms with Crippen LogP contribution in [0.15, 0.2) is 60.0 Å². The molecule has 2 aromatic carbocycles. The van der Waals surface area contributed by atoms with Gasteiger partial charge in [-0.2, -0.15) is 0 Å². The fourth-order valence-corrected chi connectivity index (χ4v) is 3.30. The summed E-state index contributed by atoms with van der Waals surface area (Å²) >= 11 is 1.63. The summed E-state index contributed by atoms with van der Waals surface area (Å²) in [6, 6.07) is 17.7. The number of aliphatic hydroxyl groups is 1. The Kier molecular flexibility index (Phi) is 5.59. The zero-order chi connectivity index (χ0) is 16.8. The number of hydrogen-bond donors (Lipinski definition) is 2. The molecular weight excluding hydrogens is 320 g/mol. The SMILES string of the molecule is COc1cccc(C(CO)NCc2csc(-c3ccccc3)n2)c1. The van der Waals surface area contributed by atoms with Crippen LogP contribution in [0.5, 0.6) is 5.75 Å². The number of aromatic nitrogens is 1. The smallest absolute Gasteiger partial charge is 0.123 e. The van der Waals surface area contributed by atoms with Crippen LogP contribution in [0.1, 0.15) is 17.3 Å². The van der Waals surface area contributed by atoms with Crippen molar-refractivity contribution in [1.82, 2.24) is 10.3 Å². The molecule has 0 spiro atoms. The summed E-state index contributed by atoms with van der Waals surface area (Å²) in [5.74, 6) is 0.785. The van der Waals surface area contributed by atoms with Gasteiger partial charge < -0.3 is 15.2 Å². The Hall–Kier alpha value is -2.21. The molecule has 0 saturated carbocycles. The Morgan fingerprint density at radius 3 is 2.75 bits per heavy atom. The zero-order valence-corrected chi connectivity index (χ0v) is 14.3. The minimum Gasteiger partial charge on any atom is -0.497 e. The molecule has 0 fully saturated rings. The summed E-state index contributed by atoms with van der Waals surface area (Å²) in [5, 5.41) is 16.1. The molecule has 0 amide bonds. The summed E-state index contributed by atoms with van der Waals surface area (Å²) in [6.45, 7) is 0.620. The van der Waals surface area contributed by atoms with Crippen molar-refractivity contribution in [3.8, 4) is 16.3 Å². The van der Waals surface area contributed by atoms with Crippen molar-refractivity contribution in [2.24, 2.45) is 0 Å². The summed E-state index contributed by atoms with van der Waals surface area (Å²) < 4.78 is 5.24. The van der Waals surface area contributed by atoms with Gasteiger partial charge in [-0.3, -0.25) is 0 Å². The summed E-state index contributed by atoms with van der Waals surface area (Å²) in [5.41, 5.74) is 3.09. The monoisotopic (exact) mass is 340 g/mol. The standard InChI is InChI=1S/C19H20N2O2S/c1-23-17-9-5-8-15(10-17)18(12-22)20-11-16-13-24-19(21-16)14-6-3-2-4-7-14/h2-10,13,18,20,22H,11-12H2,1H3. The van der Waals surface area contributed by atoms with Gasteiger partial charge in [-0.25, -0.2) is 4.98 Å². The molecular formula is C19H20N2O2S. The molecule has 4 nitrogen and oxygen atoms in total. The lowest BCUT2D eigenvalue weighted by atomic mass is 10.1. The van der Waals surface area contributed by atoms with Gasteiger partial charge in [-0.1, -0.05) is 42.5 Å². The molecule has 0 bridgehead atoms. The van der Waals surface area contributed by atoms with E-state index in [-0.39, 0.29) is 12.6 Å². The first-order valence-corrected chi connectivity index (χ1v) is 8.66. The lowest BCUT2D eigenvalue weighted by molar-refractivity contribution is 0.243. The highest BCUT2D eigenvalue weighted by Crippen LogP contribution is 2.24. The topological polar surface area (TPSA) is 54.4 Å². The van der Waals surface area contributed by atoms with E-state index in [9.17, 15) is 5.11 Å². The second kappa shape index (κ2) is 8.06. The summed E-state index contributed by atoms with van der Waals surface area (Å²) in [7, 11) is 1.64. The highest BCUT2D eigenvalue weighted by atomic mass is 32.1. The second-order valence-corrected chi connectivity index (χ2v) is 6.26. The van der Waals surface area contributed by atoms with Gasteiger partial charge in [0, 0.05) is 17.5 Å². The van der Waals surface area contributed by atoms with E-state index in [0.717, 1.165) is 27.6 Å². The number of benzene rings is 2. The van der Waals surface area contributed by atoms with Gasteiger partial charge in [0.25, 0.3) is 0 Å². The average Bonchev–Trinajstić information content (AvgIpc) is 3.12. The Morgan fingerprint density at radius 2 is 2.00 bits per heavy atom.